The average Bonchev–Trinajstić information content (AvgIpc) is 2.68. The molecule has 0 spiro atoms. The van der Waals surface area contributed by atoms with Crippen LogP contribution in [0.25, 0.3) is 0 Å². The predicted molar refractivity (Wildman–Crippen MR) is 77.2 cm³/mol. The third kappa shape index (κ3) is 2.52. The van der Waals surface area contributed by atoms with E-state index in [0.717, 1.165) is 11.3 Å². The van der Waals surface area contributed by atoms with Crippen LogP contribution in [-0.4, -0.2) is 23.1 Å². The number of benzene rings is 1. The van der Waals surface area contributed by atoms with Gasteiger partial charge in [0.15, 0.2) is 0 Å². The fourth-order valence-electron chi connectivity index (χ4n) is 2.34. The molecule has 0 radical (unpaired) electrons. The van der Waals surface area contributed by atoms with Gasteiger partial charge in [-0.1, -0.05) is 25.1 Å². The molecule has 0 amide bonds. The molecule has 0 atom stereocenters. The number of hydrogen-bond acceptors (Lipinski definition) is 4. The van der Waals surface area contributed by atoms with Crippen molar-refractivity contribution < 1.29 is 4.74 Å². The summed E-state index contributed by atoms with van der Waals surface area (Å²) in [5.74, 6) is 2.34. The molecule has 0 unspecified atom stereocenters. The van der Waals surface area contributed by atoms with Gasteiger partial charge in [0.1, 0.15) is 24.0 Å². The minimum Gasteiger partial charge on any atom is -0.491 e. The van der Waals surface area contributed by atoms with E-state index in [1.807, 2.05) is 31.2 Å². The highest BCUT2D eigenvalue weighted by molar-refractivity contribution is 5.43. The third-order valence-corrected chi connectivity index (χ3v) is 3.39. The van der Waals surface area contributed by atoms with Crippen LogP contribution < -0.4 is 15.2 Å². The summed E-state index contributed by atoms with van der Waals surface area (Å²) >= 11 is 0. The van der Waals surface area contributed by atoms with Crippen molar-refractivity contribution in [2.75, 3.05) is 18.1 Å². The molecule has 0 fully saturated rings. The first-order chi connectivity index (χ1) is 9.76. The number of nitrogens with zero attached hydrogens (tertiary/aromatic N) is 2. The van der Waals surface area contributed by atoms with Crippen LogP contribution in [0.5, 0.6) is 5.75 Å². The summed E-state index contributed by atoms with van der Waals surface area (Å²) in [6, 6.07) is 9.53. The van der Waals surface area contributed by atoms with Crippen LogP contribution in [-0.2, 0) is 13.0 Å². The summed E-state index contributed by atoms with van der Waals surface area (Å²) < 4.78 is 5.73. The van der Waals surface area contributed by atoms with Crippen molar-refractivity contribution in [3.63, 3.8) is 0 Å². The minimum absolute atomic E-state index is 0.106. The Morgan fingerprint density at radius 3 is 3.10 bits per heavy atom. The lowest BCUT2D eigenvalue weighted by atomic mass is 10.2. The Balaban J connectivity index is 1.95. The van der Waals surface area contributed by atoms with Crippen LogP contribution in [0.4, 0.5) is 5.82 Å². The first kappa shape index (κ1) is 12.7. The second-order valence-corrected chi connectivity index (χ2v) is 4.78. The number of aromatic amines is 1. The van der Waals surface area contributed by atoms with Crippen molar-refractivity contribution in [1.29, 1.82) is 0 Å². The molecule has 1 aromatic carbocycles. The maximum atomic E-state index is 11.7. The van der Waals surface area contributed by atoms with Crippen LogP contribution in [0, 0.1) is 0 Å². The monoisotopic (exact) mass is 271 g/mol. The molecule has 1 aromatic heterocycles. The average molecular weight is 271 g/mol. The van der Waals surface area contributed by atoms with Crippen molar-refractivity contribution in [1.82, 2.24) is 9.97 Å². The molecule has 0 saturated heterocycles. The first-order valence-corrected chi connectivity index (χ1v) is 6.82. The number of ether oxygens (including phenoxy) is 1. The number of para-hydroxylation sites is 1. The number of aromatic nitrogens is 2. The maximum Gasteiger partial charge on any atom is 0.252 e. The quantitative estimate of drug-likeness (QED) is 0.903. The summed E-state index contributed by atoms with van der Waals surface area (Å²) in [5.41, 5.74) is 1.01. The Kier molecular flexibility index (Phi) is 3.41. The van der Waals surface area contributed by atoms with Crippen LogP contribution in [0.1, 0.15) is 18.3 Å². The fourth-order valence-corrected chi connectivity index (χ4v) is 2.34. The molecule has 2 aromatic rings. The topological polar surface area (TPSA) is 58.2 Å². The van der Waals surface area contributed by atoms with Crippen LogP contribution >= 0.6 is 0 Å². The molecule has 0 bridgehead atoms. The molecule has 2 heterocycles. The highest BCUT2D eigenvalue weighted by atomic mass is 16.5. The van der Waals surface area contributed by atoms with Gasteiger partial charge in [-0.15, -0.1) is 0 Å². The van der Waals surface area contributed by atoms with Gasteiger partial charge in [0.05, 0.1) is 6.54 Å². The van der Waals surface area contributed by atoms with Crippen molar-refractivity contribution >= 4 is 5.82 Å². The van der Waals surface area contributed by atoms with Crippen LogP contribution in [0.3, 0.4) is 0 Å². The molecule has 3 rings (SSSR count). The highest BCUT2D eigenvalue weighted by Gasteiger charge is 2.17. The fraction of sp³-hybridized carbons (Fsp3) is 0.333. The molecule has 20 heavy (non-hydrogen) atoms. The lowest BCUT2D eigenvalue weighted by Gasteiger charge is -2.20. The van der Waals surface area contributed by atoms with E-state index in [-0.39, 0.29) is 5.56 Å². The van der Waals surface area contributed by atoms with Crippen molar-refractivity contribution in [3.05, 3.63) is 52.1 Å². The Labute approximate surface area is 117 Å². The molecule has 1 N–H and O–H groups in total. The van der Waals surface area contributed by atoms with Gasteiger partial charge < -0.3 is 14.6 Å². The summed E-state index contributed by atoms with van der Waals surface area (Å²) in [6.07, 6.45) is 0.712. The summed E-state index contributed by atoms with van der Waals surface area (Å²) in [6.45, 7) is 3.99. The molecule has 0 saturated carbocycles. The Morgan fingerprint density at radius 1 is 1.40 bits per heavy atom. The van der Waals surface area contributed by atoms with Gasteiger partial charge >= 0.3 is 0 Å². The Morgan fingerprint density at radius 2 is 2.25 bits per heavy atom. The lowest BCUT2D eigenvalue weighted by molar-refractivity contribution is 0.331. The minimum atomic E-state index is -0.106. The number of H-pyrrole nitrogens is 1. The number of fused-ring (bicyclic) bond motifs is 1. The van der Waals surface area contributed by atoms with E-state index in [9.17, 15) is 4.79 Å². The largest absolute Gasteiger partial charge is 0.491 e. The molecule has 1 aliphatic rings. The second kappa shape index (κ2) is 5.36. The van der Waals surface area contributed by atoms with Gasteiger partial charge in [-0.25, -0.2) is 4.98 Å². The van der Waals surface area contributed by atoms with Crippen molar-refractivity contribution in [2.45, 2.75) is 19.9 Å². The number of rotatable bonds is 2. The smallest absolute Gasteiger partial charge is 0.252 e. The molecule has 5 nitrogen and oxygen atoms in total. The van der Waals surface area contributed by atoms with Crippen LogP contribution in [0.2, 0.25) is 0 Å². The molecule has 5 heteroatoms. The molecule has 0 aliphatic carbocycles. The van der Waals surface area contributed by atoms with Gasteiger partial charge in [0, 0.05) is 24.6 Å². The van der Waals surface area contributed by atoms with Gasteiger partial charge in [-0.05, 0) is 6.07 Å². The standard InChI is InChI=1S/C15H17N3O2/c1-2-13-16-14(9-15(19)17-13)18-7-8-20-12-6-4-3-5-11(12)10-18/h3-6,9H,2,7-8,10H2,1H3,(H,16,17,19). The van der Waals surface area contributed by atoms with Gasteiger partial charge in [-0.3, -0.25) is 4.79 Å². The second-order valence-electron chi connectivity index (χ2n) is 4.78. The Hall–Kier alpha value is -2.30. The predicted octanol–water partition coefficient (Wildman–Crippen LogP) is 1.73. The number of aryl methyl sites for hydroxylation is 1. The normalized spacial score (nSPS) is 14.3. The first-order valence-electron chi connectivity index (χ1n) is 6.82. The molecule has 1 aliphatic heterocycles. The van der Waals surface area contributed by atoms with E-state index in [4.69, 9.17) is 4.74 Å². The summed E-state index contributed by atoms with van der Waals surface area (Å²) in [7, 11) is 0. The van der Waals surface area contributed by atoms with E-state index in [2.05, 4.69) is 14.9 Å². The van der Waals surface area contributed by atoms with E-state index >= 15 is 0 Å². The zero-order valence-corrected chi connectivity index (χ0v) is 11.4. The molecular formula is C15H17N3O2. The number of nitrogens with one attached hydrogen (secondary N) is 1. The summed E-state index contributed by atoms with van der Waals surface area (Å²) in [5, 5.41) is 0. The molecule has 104 valence electrons. The van der Waals surface area contributed by atoms with Crippen molar-refractivity contribution in [3.8, 4) is 5.75 Å². The van der Waals surface area contributed by atoms with E-state index in [1.54, 1.807) is 6.07 Å². The van der Waals surface area contributed by atoms with E-state index in [1.165, 1.54) is 0 Å². The zero-order chi connectivity index (χ0) is 13.9. The Bertz CT molecular complexity index is 666. The van der Waals surface area contributed by atoms with Crippen molar-refractivity contribution in [2.24, 2.45) is 0 Å². The zero-order valence-electron chi connectivity index (χ0n) is 11.4. The van der Waals surface area contributed by atoms with Gasteiger partial charge in [0.25, 0.3) is 5.56 Å². The number of anilines is 1. The van der Waals surface area contributed by atoms with E-state index in [0.29, 0.717) is 37.8 Å². The lowest BCUT2D eigenvalue weighted by Crippen LogP contribution is -2.28. The number of hydrogen-bond donors (Lipinski definition) is 1. The highest BCUT2D eigenvalue weighted by Crippen LogP contribution is 2.24. The van der Waals surface area contributed by atoms with Crippen LogP contribution in [0.15, 0.2) is 35.1 Å². The third-order valence-electron chi connectivity index (χ3n) is 3.39. The maximum absolute atomic E-state index is 11.7. The summed E-state index contributed by atoms with van der Waals surface area (Å²) in [4.78, 5) is 21.0. The van der Waals surface area contributed by atoms with E-state index < -0.39 is 0 Å². The van der Waals surface area contributed by atoms with Gasteiger partial charge in [-0.2, -0.15) is 0 Å². The van der Waals surface area contributed by atoms with Gasteiger partial charge in [0.2, 0.25) is 0 Å². The SMILES string of the molecule is CCc1nc(N2CCOc3ccccc3C2)cc(=O)[nH]1. The molecular weight excluding hydrogens is 254 g/mol.